The zero-order chi connectivity index (χ0) is 18.1. The Hall–Kier alpha value is -1.06. The van der Waals surface area contributed by atoms with Crippen LogP contribution in [0, 0.1) is 5.92 Å². The van der Waals surface area contributed by atoms with Crippen molar-refractivity contribution in [2.45, 2.75) is 25.8 Å². The van der Waals surface area contributed by atoms with E-state index in [1.165, 1.54) is 0 Å². The Balaban J connectivity index is 0.00000338. The van der Waals surface area contributed by atoms with E-state index in [4.69, 9.17) is 17.3 Å². The second kappa shape index (κ2) is 12.3. The molecular formula is C18H29ClIN5O. The summed E-state index contributed by atoms with van der Waals surface area (Å²) in [5.41, 5.74) is 6.46. The standard InChI is InChI=1S/C18H28ClN5O.HI/c1-21-18(23-12-14-6-2-3-8-16(14)19)22-9-5-11-24-10-4-7-15(13-24)17(20)25;/h2-3,6,8,15H,4-5,7,9-13H2,1H3,(H2,20,25)(H2,21,22,23);1H. The minimum atomic E-state index is -0.174. The monoisotopic (exact) mass is 493 g/mol. The Morgan fingerprint density at radius 3 is 2.85 bits per heavy atom. The Morgan fingerprint density at radius 2 is 2.15 bits per heavy atom. The van der Waals surface area contributed by atoms with Crippen molar-refractivity contribution in [3.05, 3.63) is 34.9 Å². The number of hydrogen-bond acceptors (Lipinski definition) is 3. The zero-order valence-electron chi connectivity index (χ0n) is 15.2. The van der Waals surface area contributed by atoms with Crippen LogP contribution in [0.4, 0.5) is 0 Å². The van der Waals surface area contributed by atoms with Gasteiger partial charge < -0.3 is 21.3 Å². The Kier molecular flexibility index (Phi) is 10.9. The van der Waals surface area contributed by atoms with Gasteiger partial charge >= 0.3 is 0 Å². The summed E-state index contributed by atoms with van der Waals surface area (Å²) in [6.07, 6.45) is 2.95. The predicted molar refractivity (Wildman–Crippen MR) is 118 cm³/mol. The number of benzene rings is 1. The van der Waals surface area contributed by atoms with Crippen molar-refractivity contribution >= 4 is 47.4 Å². The molecule has 1 unspecified atom stereocenters. The fourth-order valence-electron chi connectivity index (χ4n) is 3.04. The van der Waals surface area contributed by atoms with Gasteiger partial charge in [0.1, 0.15) is 0 Å². The van der Waals surface area contributed by atoms with Gasteiger partial charge in [-0.3, -0.25) is 9.79 Å². The quantitative estimate of drug-likeness (QED) is 0.235. The topological polar surface area (TPSA) is 82.8 Å². The first-order valence-electron chi connectivity index (χ1n) is 8.79. The van der Waals surface area contributed by atoms with Crippen LogP contribution in [0.3, 0.4) is 0 Å². The van der Waals surface area contributed by atoms with E-state index in [0.717, 1.165) is 62.0 Å². The van der Waals surface area contributed by atoms with Crippen molar-refractivity contribution in [2.24, 2.45) is 16.6 Å². The van der Waals surface area contributed by atoms with Crippen molar-refractivity contribution in [1.29, 1.82) is 0 Å². The summed E-state index contributed by atoms with van der Waals surface area (Å²) in [5, 5.41) is 7.33. The van der Waals surface area contributed by atoms with Crippen LogP contribution in [0.5, 0.6) is 0 Å². The molecule has 1 aromatic carbocycles. The summed E-state index contributed by atoms with van der Waals surface area (Å²) < 4.78 is 0. The van der Waals surface area contributed by atoms with E-state index in [2.05, 4.69) is 20.5 Å². The average molecular weight is 494 g/mol. The molecule has 0 saturated carbocycles. The van der Waals surface area contributed by atoms with Crippen LogP contribution < -0.4 is 16.4 Å². The van der Waals surface area contributed by atoms with Gasteiger partial charge in [0.2, 0.25) is 5.91 Å². The van der Waals surface area contributed by atoms with Gasteiger partial charge in [0.25, 0.3) is 0 Å². The molecule has 6 nitrogen and oxygen atoms in total. The van der Waals surface area contributed by atoms with Gasteiger partial charge in [0.15, 0.2) is 5.96 Å². The number of nitrogens with zero attached hydrogens (tertiary/aromatic N) is 2. The molecule has 0 radical (unpaired) electrons. The summed E-state index contributed by atoms with van der Waals surface area (Å²) in [5.74, 6) is 0.590. The first-order chi connectivity index (χ1) is 12.1. The normalized spacial score (nSPS) is 18.1. The highest BCUT2D eigenvalue weighted by molar-refractivity contribution is 14.0. The van der Waals surface area contributed by atoms with Crippen molar-refractivity contribution in [3.63, 3.8) is 0 Å². The molecule has 1 heterocycles. The maximum absolute atomic E-state index is 11.3. The molecule has 1 amide bonds. The average Bonchev–Trinajstić information content (AvgIpc) is 2.62. The van der Waals surface area contributed by atoms with Gasteiger partial charge in [0.05, 0.1) is 5.92 Å². The van der Waals surface area contributed by atoms with E-state index in [0.29, 0.717) is 6.54 Å². The Bertz CT molecular complexity index is 599. The number of rotatable bonds is 7. The van der Waals surface area contributed by atoms with Crippen LogP contribution >= 0.6 is 35.6 Å². The lowest BCUT2D eigenvalue weighted by Gasteiger charge is -2.31. The minimum absolute atomic E-state index is 0. The SMILES string of the molecule is CN=C(NCCCN1CCCC(C(N)=O)C1)NCc1ccccc1Cl.I. The van der Waals surface area contributed by atoms with Gasteiger partial charge in [-0.05, 0) is 44.0 Å². The number of guanidine groups is 1. The molecule has 26 heavy (non-hydrogen) atoms. The highest BCUT2D eigenvalue weighted by Gasteiger charge is 2.23. The second-order valence-electron chi connectivity index (χ2n) is 6.34. The predicted octanol–water partition coefficient (Wildman–Crippen LogP) is 2.21. The summed E-state index contributed by atoms with van der Waals surface area (Å²) in [6.45, 7) is 4.24. The van der Waals surface area contributed by atoms with Gasteiger partial charge in [-0.15, -0.1) is 24.0 Å². The molecule has 1 aromatic rings. The lowest BCUT2D eigenvalue weighted by molar-refractivity contribution is -0.123. The van der Waals surface area contributed by atoms with Gasteiger partial charge in [-0.1, -0.05) is 29.8 Å². The van der Waals surface area contributed by atoms with Gasteiger partial charge in [-0.25, -0.2) is 0 Å². The summed E-state index contributed by atoms with van der Waals surface area (Å²) in [4.78, 5) is 17.9. The number of piperidine rings is 1. The molecule has 4 N–H and O–H groups in total. The van der Waals surface area contributed by atoms with E-state index >= 15 is 0 Å². The van der Waals surface area contributed by atoms with E-state index in [1.54, 1.807) is 7.05 Å². The molecule has 1 aliphatic rings. The van der Waals surface area contributed by atoms with Crippen LogP contribution in [-0.2, 0) is 11.3 Å². The highest BCUT2D eigenvalue weighted by Crippen LogP contribution is 2.16. The fraction of sp³-hybridized carbons (Fsp3) is 0.556. The van der Waals surface area contributed by atoms with Crippen LogP contribution in [0.1, 0.15) is 24.8 Å². The fourth-order valence-corrected chi connectivity index (χ4v) is 3.24. The first kappa shape index (κ1) is 23.0. The third-order valence-corrected chi connectivity index (χ3v) is 4.85. The molecule has 1 fully saturated rings. The molecule has 1 saturated heterocycles. The molecule has 0 bridgehead atoms. The van der Waals surface area contributed by atoms with Crippen molar-refractivity contribution in [2.75, 3.05) is 33.2 Å². The number of carbonyl (C=O) groups is 1. The molecule has 8 heteroatoms. The summed E-state index contributed by atoms with van der Waals surface area (Å²) >= 11 is 6.16. The second-order valence-corrected chi connectivity index (χ2v) is 6.75. The Labute approximate surface area is 178 Å². The molecule has 0 aromatic heterocycles. The number of nitrogens with two attached hydrogens (primary N) is 1. The molecule has 1 aliphatic heterocycles. The maximum Gasteiger partial charge on any atom is 0.221 e. The molecule has 0 aliphatic carbocycles. The third kappa shape index (κ3) is 7.67. The Morgan fingerprint density at radius 1 is 1.38 bits per heavy atom. The smallest absolute Gasteiger partial charge is 0.221 e. The van der Waals surface area contributed by atoms with Crippen LogP contribution in [0.2, 0.25) is 5.02 Å². The minimum Gasteiger partial charge on any atom is -0.369 e. The number of amides is 1. The van der Waals surface area contributed by atoms with Crippen LogP contribution in [0.25, 0.3) is 0 Å². The van der Waals surface area contributed by atoms with E-state index in [-0.39, 0.29) is 35.8 Å². The van der Waals surface area contributed by atoms with E-state index in [9.17, 15) is 4.79 Å². The van der Waals surface area contributed by atoms with Crippen LogP contribution in [0.15, 0.2) is 29.3 Å². The number of halogens is 2. The van der Waals surface area contributed by atoms with Crippen LogP contribution in [-0.4, -0.2) is 50.0 Å². The number of carbonyl (C=O) groups excluding carboxylic acids is 1. The molecule has 146 valence electrons. The zero-order valence-corrected chi connectivity index (χ0v) is 18.3. The summed E-state index contributed by atoms with van der Waals surface area (Å²) in [6, 6.07) is 7.76. The lowest BCUT2D eigenvalue weighted by atomic mass is 9.97. The highest BCUT2D eigenvalue weighted by atomic mass is 127. The number of hydrogen-bond donors (Lipinski definition) is 3. The summed E-state index contributed by atoms with van der Waals surface area (Å²) in [7, 11) is 1.75. The molecule has 2 rings (SSSR count). The number of aliphatic imine (C=N–C) groups is 1. The van der Waals surface area contributed by atoms with Gasteiger partial charge in [0, 0.05) is 31.7 Å². The number of primary amides is 1. The largest absolute Gasteiger partial charge is 0.369 e. The number of likely N-dealkylation sites (tertiary alicyclic amines) is 1. The molecule has 1 atom stereocenters. The molecule has 0 spiro atoms. The van der Waals surface area contributed by atoms with E-state index in [1.807, 2.05) is 24.3 Å². The van der Waals surface area contributed by atoms with Crippen molar-refractivity contribution in [1.82, 2.24) is 15.5 Å². The third-order valence-electron chi connectivity index (χ3n) is 4.48. The number of nitrogens with one attached hydrogen (secondary N) is 2. The van der Waals surface area contributed by atoms with Crippen molar-refractivity contribution < 1.29 is 4.79 Å². The van der Waals surface area contributed by atoms with Gasteiger partial charge in [-0.2, -0.15) is 0 Å². The first-order valence-corrected chi connectivity index (χ1v) is 9.17. The molecular weight excluding hydrogens is 465 g/mol. The lowest BCUT2D eigenvalue weighted by Crippen LogP contribution is -2.42. The van der Waals surface area contributed by atoms with E-state index < -0.39 is 0 Å². The maximum atomic E-state index is 11.3. The van der Waals surface area contributed by atoms with Crippen molar-refractivity contribution in [3.8, 4) is 0 Å².